The summed E-state index contributed by atoms with van der Waals surface area (Å²) in [5.74, 6) is -3.14. The summed E-state index contributed by atoms with van der Waals surface area (Å²) in [6.45, 7) is 1.78. The highest BCUT2D eigenvalue weighted by atomic mass is 32.2. The van der Waals surface area contributed by atoms with Gasteiger partial charge in [0.25, 0.3) is 0 Å². The lowest BCUT2D eigenvalue weighted by atomic mass is 9.95. The zero-order valence-corrected chi connectivity index (χ0v) is 14.1. The second kappa shape index (κ2) is 8.31. The van der Waals surface area contributed by atoms with Crippen molar-refractivity contribution in [2.24, 2.45) is 0 Å². The van der Waals surface area contributed by atoms with E-state index in [-0.39, 0.29) is 6.42 Å². The number of aliphatic carboxylic acids is 1. The van der Waals surface area contributed by atoms with Crippen LogP contribution < -0.4 is 5.32 Å². The summed E-state index contributed by atoms with van der Waals surface area (Å²) in [7, 11) is 0. The minimum atomic E-state index is -1.15. The summed E-state index contributed by atoms with van der Waals surface area (Å²) in [5, 5.41) is 22.7. The number of halogens is 1. The number of hydrogen-bond donors (Lipinski definition) is 2. The molecule has 128 valence electrons. The van der Waals surface area contributed by atoms with E-state index in [1.165, 1.54) is 24.3 Å². The van der Waals surface area contributed by atoms with Crippen molar-refractivity contribution in [3.05, 3.63) is 59.4 Å². The Hall–Kier alpha value is -2.85. The lowest BCUT2D eigenvalue weighted by Crippen LogP contribution is -2.21. The SMILES string of the molecule is Cc1cc(SC#N)ccc1NC(=O)C[C@H](C(=O)O)c1ccc(F)cc1. The minimum Gasteiger partial charge on any atom is -0.481 e. The number of benzene rings is 2. The van der Waals surface area contributed by atoms with Crippen molar-refractivity contribution in [1.82, 2.24) is 0 Å². The molecule has 0 aliphatic rings. The van der Waals surface area contributed by atoms with Gasteiger partial charge in [-0.3, -0.25) is 9.59 Å². The summed E-state index contributed by atoms with van der Waals surface area (Å²) in [6.07, 6.45) is -0.269. The summed E-state index contributed by atoms with van der Waals surface area (Å²) in [4.78, 5) is 24.4. The number of anilines is 1. The first kappa shape index (κ1) is 18.5. The van der Waals surface area contributed by atoms with E-state index in [1.54, 1.807) is 25.1 Å². The first-order valence-electron chi connectivity index (χ1n) is 7.35. The molecule has 0 fully saturated rings. The van der Waals surface area contributed by atoms with Crippen molar-refractivity contribution in [2.45, 2.75) is 24.2 Å². The van der Waals surface area contributed by atoms with Crippen molar-refractivity contribution in [2.75, 3.05) is 5.32 Å². The monoisotopic (exact) mass is 358 g/mol. The lowest BCUT2D eigenvalue weighted by molar-refractivity contribution is -0.140. The number of rotatable bonds is 6. The molecule has 0 aromatic heterocycles. The highest BCUT2D eigenvalue weighted by Crippen LogP contribution is 2.25. The fourth-order valence-electron chi connectivity index (χ4n) is 2.32. The van der Waals surface area contributed by atoms with Crippen LogP contribution in [0, 0.1) is 23.4 Å². The third kappa shape index (κ3) is 5.06. The van der Waals surface area contributed by atoms with Crippen LogP contribution in [0.5, 0.6) is 0 Å². The fourth-order valence-corrected chi connectivity index (χ4v) is 2.80. The Bertz CT molecular complexity index is 831. The zero-order chi connectivity index (χ0) is 18.4. The Morgan fingerprint density at radius 1 is 1.28 bits per heavy atom. The molecule has 0 bridgehead atoms. The van der Waals surface area contributed by atoms with Crippen LogP contribution in [0.15, 0.2) is 47.4 Å². The number of nitriles is 1. The molecule has 0 saturated heterocycles. The molecule has 1 amide bonds. The number of amides is 1. The largest absolute Gasteiger partial charge is 0.481 e. The van der Waals surface area contributed by atoms with Crippen LogP contribution in [-0.2, 0) is 9.59 Å². The number of carbonyl (C=O) groups excluding carboxylic acids is 1. The van der Waals surface area contributed by atoms with Gasteiger partial charge in [-0.25, -0.2) is 4.39 Å². The predicted octanol–water partition coefficient (Wildman–Crippen LogP) is 3.90. The molecule has 5 nitrogen and oxygen atoms in total. The molecule has 0 aliphatic heterocycles. The average molecular weight is 358 g/mol. The Labute approximate surface area is 148 Å². The van der Waals surface area contributed by atoms with Gasteiger partial charge in [0, 0.05) is 17.0 Å². The van der Waals surface area contributed by atoms with E-state index in [4.69, 9.17) is 5.26 Å². The van der Waals surface area contributed by atoms with Gasteiger partial charge in [-0.05, 0) is 60.1 Å². The number of carboxylic acids is 1. The second-order valence-electron chi connectivity index (χ2n) is 5.36. The standard InChI is InChI=1S/C18H15FN2O3S/c1-11-8-14(25-10-20)6-7-16(11)21-17(22)9-15(18(23)24)12-2-4-13(19)5-3-12/h2-8,15H,9H2,1H3,(H,21,22)(H,23,24)/t15-/m0/s1. The molecule has 2 N–H and O–H groups in total. The van der Waals surface area contributed by atoms with E-state index in [0.717, 1.165) is 22.2 Å². The van der Waals surface area contributed by atoms with E-state index in [0.29, 0.717) is 11.3 Å². The molecule has 2 rings (SSSR count). The molecule has 0 unspecified atom stereocenters. The van der Waals surface area contributed by atoms with Crippen molar-refractivity contribution < 1.29 is 19.1 Å². The molecular formula is C18H15FN2O3S. The van der Waals surface area contributed by atoms with Crippen LogP contribution in [0.1, 0.15) is 23.5 Å². The van der Waals surface area contributed by atoms with Gasteiger partial charge in [0.1, 0.15) is 11.2 Å². The van der Waals surface area contributed by atoms with E-state index < -0.39 is 23.6 Å². The normalized spacial score (nSPS) is 11.4. The molecule has 0 spiro atoms. The second-order valence-corrected chi connectivity index (χ2v) is 6.22. The number of aryl methyl sites for hydroxylation is 1. The number of carboxylic acid groups (broad SMARTS) is 1. The molecule has 0 heterocycles. The van der Waals surface area contributed by atoms with Gasteiger partial charge in [-0.1, -0.05) is 12.1 Å². The van der Waals surface area contributed by atoms with E-state index >= 15 is 0 Å². The Kier molecular flexibility index (Phi) is 6.14. The summed E-state index contributed by atoms with van der Waals surface area (Å²) in [6, 6.07) is 10.2. The van der Waals surface area contributed by atoms with Crippen LogP contribution in [0.4, 0.5) is 10.1 Å². The van der Waals surface area contributed by atoms with Crippen LogP contribution in [0.3, 0.4) is 0 Å². The van der Waals surface area contributed by atoms with Gasteiger partial charge < -0.3 is 10.4 Å². The number of thiocyanates is 1. The van der Waals surface area contributed by atoms with Crippen molar-refractivity contribution in [1.29, 1.82) is 5.26 Å². The number of carbonyl (C=O) groups is 2. The maximum absolute atomic E-state index is 13.0. The molecule has 0 aliphatic carbocycles. The minimum absolute atomic E-state index is 0.269. The molecule has 1 atom stereocenters. The van der Waals surface area contributed by atoms with Gasteiger partial charge in [-0.15, -0.1) is 0 Å². The molecule has 0 radical (unpaired) electrons. The molecule has 0 saturated carbocycles. The molecular weight excluding hydrogens is 343 g/mol. The first-order chi connectivity index (χ1) is 11.9. The van der Waals surface area contributed by atoms with Crippen LogP contribution in [0.25, 0.3) is 0 Å². The van der Waals surface area contributed by atoms with Crippen LogP contribution in [0.2, 0.25) is 0 Å². The lowest BCUT2D eigenvalue weighted by Gasteiger charge is -2.14. The summed E-state index contributed by atoms with van der Waals surface area (Å²) < 4.78 is 13.0. The van der Waals surface area contributed by atoms with Crippen molar-refractivity contribution in [3.63, 3.8) is 0 Å². The average Bonchev–Trinajstić information content (AvgIpc) is 2.56. The number of nitrogens with one attached hydrogen (secondary N) is 1. The summed E-state index contributed by atoms with van der Waals surface area (Å²) in [5.41, 5.74) is 1.68. The predicted molar refractivity (Wildman–Crippen MR) is 92.7 cm³/mol. The van der Waals surface area contributed by atoms with E-state index in [9.17, 15) is 19.1 Å². The highest BCUT2D eigenvalue weighted by molar-refractivity contribution is 8.03. The zero-order valence-electron chi connectivity index (χ0n) is 13.3. The van der Waals surface area contributed by atoms with Gasteiger partial charge in [0.15, 0.2) is 0 Å². The molecule has 2 aromatic rings. The third-order valence-electron chi connectivity index (χ3n) is 3.60. The van der Waals surface area contributed by atoms with Crippen molar-refractivity contribution >= 4 is 29.3 Å². The number of thioether (sulfide) groups is 1. The third-order valence-corrected chi connectivity index (χ3v) is 4.18. The van der Waals surface area contributed by atoms with Gasteiger partial charge in [0.2, 0.25) is 5.91 Å². The van der Waals surface area contributed by atoms with E-state index in [2.05, 4.69) is 5.32 Å². The van der Waals surface area contributed by atoms with Crippen molar-refractivity contribution in [3.8, 4) is 5.40 Å². The molecule has 25 heavy (non-hydrogen) atoms. The first-order valence-corrected chi connectivity index (χ1v) is 8.17. The maximum Gasteiger partial charge on any atom is 0.311 e. The van der Waals surface area contributed by atoms with Crippen LogP contribution in [-0.4, -0.2) is 17.0 Å². The Balaban J connectivity index is 2.10. The Morgan fingerprint density at radius 2 is 1.96 bits per heavy atom. The van der Waals surface area contributed by atoms with Gasteiger partial charge >= 0.3 is 5.97 Å². The Morgan fingerprint density at radius 3 is 2.52 bits per heavy atom. The maximum atomic E-state index is 13.0. The van der Waals surface area contributed by atoms with Crippen LogP contribution >= 0.6 is 11.8 Å². The summed E-state index contributed by atoms with van der Waals surface area (Å²) >= 11 is 1.01. The molecule has 7 heteroatoms. The number of nitrogens with zero attached hydrogens (tertiary/aromatic N) is 1. The van der Waals surface area contributed by atoms with Gasteiger partial charge in [-0.2, -0.15) is 5.26 Å². The topological polar surface area (TPSA) is 90.2 Å². The van der Waals surface area contributed by atoms with E-state index in [1.807, 2.05) is 5.40 Å². The molecule has 2 aromatic carbocycles. The number of hydrogen-bond acceptors (Lipinski definition) is 4. The van der Waals surface area contributed by atoms with Gasteiger partial charge in [0.05, 0.1) is 5.92 Å². The fraction of sp³-hybridized carbons (Fsp3) is 0.167. The highest BCUT2D eigenvalue weighted by Gasteiger charge is 2.23. The smallest absolute Gasteiger partial charge is 0.311 e. The quantitative estimate of drug-likeness (QED) is 0.604.